The lowest BCUT2D eigenvalue weighted by Crippen LogP contribution is -2.33. The SMILES string of the molecule is Cc1cccc(N(CCOC(=O)Nc2cccc(Cl)c2)CCOC(=O)Nc2cccc(Cl)c2)c1. The van der Waals surface area contributed by atoms with Gasteiger partial charge >= 0.3 is 12.2 Å². The summed E-state index contributed by atoms with van der Waals surface area (Å²) < 4.78 is 10.6. The van der Waals surface area contributed by atoms with Crippen LogP contribution in [0.1, 0.15) is 5.56 Å². The van der Waals surface area contributed by atoms with Gasteiger partial charge in [0.15, 0.2) is 0 Å². The molecule has 0 saturated carbocycles. The highest BCUT2D eigenvalue weighted by molar-refractivity contribution is 6.31. The number of hydrogen-bond donors (Lipinski definition) is 2. The van der Waals surface area contributed by atoms with Crippen molar-refractivity contribution >= 4 is 52.5 Å². The molecular formula is C25H25Cl2N3O4. The molecule has 0 fully saturated rings. The summed E-state index contributed by atoms with van der Waals surface area (Å²) in [5.41, 5.74) is 3.11. The van der Waals surface area contributed by atoms with Gasteiger partial charge in [0.25, 0.3) is 0 Å². The number of carbonyl (C=O) groups is 2. The van der Waals surface area contributed by atoms with Crippen LogP contribution in [-0.4, -0.2) is 38.5 Å². The standard InChI is InChI=1S/C25H25Cl2N3O4/c1-18-5-2-10-23(15-18)30(11-13-33-24(31)28-21-8-3-6-19(26)16-21)12-14-34-25(32)29-22-9-4-7-20(27)17-22/h2-10,15-17H,11-14H2,1H3,(H,28,31)(H,29,32). The zero-order chi connectivity index (χ0) is 24.3. The number of rotatable bonds is 9. The van der Waals surface area contributed by atoms with Crippen LogP contribution in [0.15, 0.2) is 72.8 Å². The molecule has 3 rings (SSSR count). The molecule has 0 aliphatic rings. The number of benzene rings is 3. The number of nitrogens with one attached hydrogen (secondary N) is 2. The Labute approximate surface area is 208 Å². The number of hydrogen-bond acceptors (Lipinski definition) is 5. The molecule has 0 aromatic heterocycles. The van der Waals surface area contributed by atoms with Crippen molar-refractivity contribution in [3.8, 4) is 0 Å². The first-order chi connectivity index (χ1) is 16.4. The lowest BCUT2D eigenvalue weighted by molar-refractivity contribution is 0.159. The highest BCUT2D eigenvalue weighted by Crippen LogP contribution is 2.18. The number of ether oxygens (including phenoxy) is 2. The van der Waals surface area contributed by atoms with Gasteiger partial charge in [-0.15, -0.1) is 0 Å². The van der Waals surface area contributed by atoms with E-state index in [2.05, 4.69) is 10.6 Å². The average molecular weight is 502 g/mol. The Kier molecular flexibility index (Phi) is 9.43. The molecular weight excluding hydrogens is 477 g/mol. The van der Waals surface area contributed by atoms with Gasteiger partial charge in [-0.3, -0.25) is 10.6 Å². The molecule has 2 N–H and O–H groups in total. The minimum Gasteiger partial charge on any atom is -0.447 e. The van der Waals surface area contributed by atoms with Gasteiger partial charge in [0.1, 0.15) is 13.2 Å². The monoisotopic (exact) mass is 501 g/mol. The van der Waals surface area contributed by atoms with Crippen molar-refractivity contribution in [2.75, 3.05) is 41.8 Å². The van der Waals surface area contributed by atoms with Crippen LogP contribution in [0.4, 0.5) is 26.7 Å². The molecule has 9 heteroatoms. The van der Waals surface area contributed by atoms with Gasteiger partial charge in [-0.1, -0.05) is 47.5 Å². The second-order valence-electron chi connectivity index (χ2n) is 7.37. The summed E-state index contributed by atoms with van der Waals surface area (Å²) in [6.07, 6.45) is -1.16. The maximum Gasteiger partial charge on any atom is 0.411 e. The van der Waals surface area contributed by atoms with Crippen LogP contribution in [-0.2, 0) is 9.47 Å². The molecule has 0 aliphatic heterocycles. The molecule has 178 valence electrons. The Balaban J connectivity index is 1.51. The van der Waals surface area contributed by atoms with E-state index in [0.29, 0.717) is 34.5 Å². The molecule has 3 aromatic carbocycles. The van der Waals surface area contributed by atoms with Gasteiger partial charge in [0.05, 0.1) is 13.1 Å². The number of aryl methyl sites for hydroxylation is 1. The quantitative estimate of drug-likeness (QED) is 0.345. The van der Waals surface area contributed by atoms with Crippen molar-refractivity contribution in [3.63, 3.8) is 0 Å². The topological polar surface area (TPSA) is 79.9 Å². The summed E-state index contributed by atoms with van der Waals surface area (Å²) in [6.45, 7) is 3.08. The molecule has 0 radical (unpaired) electrons. The van der Waals surface area contributed by atoms with Gasteiger partial charge < -0.3 is 14.4 Å². The fraction of sp³-hybridized carbons (Fsp3) is 0.200. The summed E-state index contributed by atoms with van der Waals surface area (Å²) in [5.74, 6) is 0. The van der Waals surface area contributed by atoms with Crippen molar-refractivity contribution in [2.45, 2.75) is 6.92 Å². The minimum atomic E-state index is -0.580. The average Bonchev–Trinajstić information content (AvgIpc) is 2.78. The summed E-state index contributed by atoms with van der Waals surface area (Å²) >= 11 is 11.9. The van der Waals surface area contributed by atoms with Crippen molar-refractivity contribution in [3.05, 3.63) is 88.4 Å². The van der Waals surface area contributed by atoms with Crippen molar-refractivity contribution < 1.29 is 19.1 Å². The third kappa shape index (κ3) is 8.50. The molecule has 0 aliphatic carbocycles. The third-order valence-electron chi connectivity index (χ3n) is 4.70. The van der Waals surface area contributed by atoms with Crippen LogP contribution in [0.5, 0.6) is 0 Å². The van der Waals surface area contributed by atoms with Crippen LogP contribution in [0.2, 0.25) is 10.0 Å². The van der Waals surface area contributed by atoms with Gasteiger partial charge in [-0.25, -0.2) is 9.59 Å². The van der Waals surface area contributed by atoms with Gasteiger partial charge in [-0.05, 0) is 61.0 Å². The highest BCUT2D eigenvalue weighted by Gasteiger charge is 2.11. The third-order valence-corrected chi connectivity index (χ3v) is 5.17. The highest BCUT2D eigenvalue weighted by atomic mass is 35.5. The minimum absolute atomic E-state index is 0.134. The van der Waals surface area contributed by atoms with Crippen LogP contribution >= 0.6 is 23.2 Å². The first kappa shape index (κ1) is 25.2. The Morgan fingerprint density at radius 1 is 0.765 bits per heavy atom. The molecule has 7 nitrogen and oxygen atoms in total. The molecule has 0 spiro atoms. The molecule has 0 atom stereocenters. The van der Waals surface area contributed by atoms with Crippen LogP contribution in [0, 0.1) is 6.92 Å². The maximum atomic E-state index is 12.1. The van der Waals surface area contributed by atoms with E-state index in [4.69, 9.17) is 32.7 Å². The van der Waals surface area contributed by atoms with Gasteiger partial charge in [-0.2, -0.15) is 0 Å². The van der Waals surface area contributed by atoms with Crippen LogP contribution < -0.4 is 15.5 Å². The number of nitrogens with zero attached hydrogens (tertiary/aromatic N) is 1. The Morgan fingerprint density at radius 3 is 1.74 bits per heavy atom. The van der Waals surface area contributed by atoms with Gasteiger partial charge in [0.2, 0.25) is 0 Å². The van der Waals surface area contributed by atoms with Crippen molar-refractivity contribution in [1.29, 1.82) is 0 Å². The molecule has 0 heterocycles. The smallest absolute Gasteiger partial charge is 0.411 e. The van der Waals surface area contributed by atoms with E-state index >= 15 is 0 Å². The van der Waals surface area contributed by atoms with E-state index in [0.717, 1.165) is 11.3 Å². The van der Waals surface area contributed by atoms with Gasteiger partial charge in [0, 0.05) is 27.1 Å². The Bertz CT molecular complexity index is 1060. The van der Waals surface area contributed by atoms with Crippen LogP contribution in [0.25, 0.3) is 0 Å². The van der Waals surface area contributed by atoms with E-state index < -0.39 is 12.2 Å². The second-order valence-corrected chi connectivity index (χ2v) is 8.24. The largest absolute Gasteiger partial charge is 0.447 e. The molecule has 34 heavy (non-hydrogen) atoms. The lowest BCUT2D eigenvalue weighted by atomic mass is 10.2. The van der Waals surface area contributed by atoms with E-state index in [-0.39, 0.29) is 13.2 Å². The molecule has 2 amide bonds. The number of halogens is 2. The fourth-order valence-corrected chi connectivity index (χ4v) is 3.51. The predicted octanol–water partition coefficient (Wildman–Crippen LogP) is 6.61. The first-order valence-electron chi connectivity index (χ1n) is 10.6. The van der Waals surface area contributed by atoms with E-state index in [1.807, 2.05) is 36.1 Å². The van der Waals surface area contributed by atoms with Crippen molar-refractivity contribution in [2.24, 2.45) is 0 Å². The molecule has 0 bridgehead atoms. The van der Waals surface area contributed by atoms with E-state index in [9.17, 15) is 9.59 Å². The second kappa shape index (κ2) is 12.7. The molecule has 3 aromatic rings. The zero-order valence-electron chi connectivity index (χ0n) is 18.6. The first-order valence-corrected chi connectivity index (χ1v) is 11.3. The summed E-state index contributed by atoms with van der Waals surface area (Å²) in [7, 11) is 0. The lowest BCUT2D eigenvalue weighted by Gasteiger charge is -2.25. The number of carbonyl (C=O) groups excluding carboxylic acids is 2. The van der Waals surface area contributed by atoms with Crippen molar-refractivity contribution in [1.82, 2.24) is 0 Å². The zero-order valence-corrected chi connectivity index (χ0v) is 20.1. The van der Waals surface area contributed by atoms with E-state index in [1.54, 1.807) is 48.5 Å². The summed E-state index contributed by atoms with van der Waals surface area (Å²) in [4.78, 5) is 26.2. The summed E-state index contributed by atoms with van der Waals surface area (Å²) in [6, 6.07) is 21.5. The number of anilines is 3. The predicted molar refractivity (Wildman–Crippen MR) is 136 cm³/mol. The fourth-order valence-electron chi connectivity index (χ4n) is 3.13. The Morgan fingerprint density at radius 2 is 1.26 bits per heavy atom. The van der Waals surface area contributed by atoms with E-state index in [1.165, 1.54) is 0 Å². The van der Waals surface area contributed by atoms with Crippen LogP contribution in [0.3, 0.4) is 0 Å². The normalized spacial score (nSPS) is 10.3. The summed E-state index contributed by atoms with van der Waals surface area (Å²) in [5, 5.41) is 6.31. The molecule has 0 saturated heterocycles. The maximum absolute atomic E-state index is 12.1. The number of amides is 2. The molecule has 0 unspecified atom stereocenters. The Hall–Kier alpha value is -3.42.